The summed E-state index contributed by atoms with van der Waals surface area (Å²) in [4.78, 5) is 24.4. The first kappa shape index (κ1) is 14.7. The van der Waals surface area contributed by atoms with Crippen molar-refractivity contribution in [3.63, 3.8) is 0 Å². The SMILES string of the molecule is NC(=O)c1cc2cccc3c4cccc5cccc(c(c1C(N)=O)c23)c54. The standard InChI is InChI=1S/C22H14N2O2/c23-21(25)16-10-12-6-3-8-14-13-7-1-4-11-5-2-9-15(17(11)13)19(18(12)14)20(16)22(24)26/h1-10H,(H2,23,25)(H2,24,26). The Hall–Kier alpha value is -3.66. The van der Waals surface area contributed by atoms with Crippen LogP contribution in [0, 0.1) is 0 Å². The molecule has 4 heteroatoms. The molecule has 0 unspecified atom stereocenters. The molecule has 0 saturated heterocycles. The average Bonchev–Trinajstić information content (AvgIpc) is 2.64. The topological polar surface area (TPSA) is 86.2 Å². The highest BCUT2D eigenvalue weighted by Crippen LogP contribution is 2.42. The van der Waals surface area contributed by atoms with Crippen molar-refractivity contribution in [2.24, 2.45) is 11.5 Å². The second-order valence-corrected chi connectivity index (χ2v) is 6.52. The van der Waals surface area contributed by atoms with Gasteiger partial charge in [-0.25, -0.2) is 0 Å². The zero-order valence-corrected chi connectivity index (χ0v) is 13.7. The molecule has 5 aromatic rings. The van der Waals surface area contributed by atoms with E-state index in [-0.39, 0.29) is 11.1 Å². The molecule has 0 radical (unpaired) electrons. The van der Waals surface area contributed by atoms with Gasteiger partial charge in [0, 0.05) is 5.39 Å². The molecule has 5 rings (SSSR count). The van der Waals surface area contributed by atoms with E-state index in [1.54, 1.807) is 6.07 Å². The Balaban J connectivity index is 2.26. The fraction of sp³-hybridized carbons (Fsp3) is 0. The van der Waals surface area contributed by atoms with Gasteiger partial charge >= 0.3 is 0 Å². The van der Waals surface area contributed by atoms with E-state index in [4.69, 9.17) is 11.5 Å². The highest BCUT2D eigenvalue weighted by molar-refractivity contribution is 6.37. The van der Waals surface area contributed by atoms with Crippen molar-refractivity contribution in [3.05, 3.63) is 71.8 Å². The number of benzene rings is 5. The van der Waals surface area contributed by atoms with Crippen molar-refractivity contribution in [2.75, 3.05) is 0 Å². The predicted octanol–water partition coefficient (Wildman–Crippen LogP) is 3.94. The first-order chi connectivity index (χ1) is 12.6. The van der Waals surface area contributed by atoms with Gasteiger partial charge in [-0.3, -0.25) is 9.59 Å². The molecule has 0 aliphatic heterocycles. The summed E-state index contributed by atoms with van der Waals surface area (Å²) in [6, 6.07) is 19.7. The molecule has 0 heterocycles. The summed E-state index contributed by atoms with van der Waals surface area (Å²) in [5, 5.41) is 7.66. The van der Waals surface area contributed by atoms with Gasteiger partial charge in [-0.15, -0.1) is 0 Å². The van der Waals surface area contributed by atoms with Crippen LogP contribution in [0.2, 0.25) is 0 Å². The minimum atomic E-state index is -0.659. The summed E-state index contributed by atoms with van der Waals surface area (Å²) in [6.07, 6.45) is 0. The summed E-state index contributed by atoms with van der Waals surface area (Å²) in [5.74, 6) is -1.31. The first-order valence-corrected chi connectivity index (χ1v) is 8.29. The van der Waals surface area contributed by atoms with Crippen LogP contribution in [0.4, 0.5) is 0 Å². The van der Waals surface area contributed by atoms with E-state index in [0.717, 1.165) is 37.7 Å². The molecule has 124 valence electrons. The molecule has 0 aliphatic carbocycles. The Kier molecular flexibility index (Phi) is 2.78. The molecule has 0 fully saturated rings. The van der Waals surface area contributed by atoms with Gasteiger partial charge in [0.1, 0.15) is 0 Å². The monoisotopic (exact) mass is 338 g/mol. The summed E-state index contributed by atoms with van der Waals surface area (Å²) < 4.78 is 0. The quantitative estimate of drug-likeness (QED) is 0.377. The van der Waals surface area contributed by atoms with Crippen molar-refractivity contribution in [2.45, 2.75) is 0 Å². The van der Waals surface area contributed by atoms with Crippen LogP contribution in [0.3, 0.4) is 0 Å². The van der Waals surface area contributed by atoms with E-state index >= 15 is 0 Å². The van der Waals surface area contributed by atoms with Crippen LogP contribution in [-0.4, -0.2) is 11.8 Å². The summed E-state index contributed by atoms with van der Waals surface area (Å²) in [5.41, 5.74) is 11.6. The number of hydrogen-bond donors (Lipinski definition) is 2. The third-order valence-electron chi connectivity index (χ3n) is 5.14. The van der Waals surface area contributed by atoms with Crippen LogP contribution in [0.1, 0.15) is 20.7 Å². The molecule has 0 saturated carbocycles. The maximum Gasteiger partial charge on any atom is 0.250 e. The molecule has 5 aromatic carbocycles. The minimum Gasteiger partial charge on any atom is -0.366 e. The summed E-state index contributed by atoms with van der Waals surface area (Å²) >= 11 is 0. The lowest BCUT2D eigenvalue weighted by molar-refractivity contribution is 0.0968. The first-order valence-electron chi connectivity index (χ1n) is 8.29. The van der Waals surface area contributed by atoms with E-state index < -0.39 is 11.8 Å². The van der Waals surface area contributed by atoms with Gasteiger partial charge in [-0.1, -0.05) is 54.6 Å². The normalized spacial score (nSPS) is 11.7. The Morgan fingerprint density at radius 1 is 0.615 bits per heavy atom. The minimum absolute atomic E-state index is 0.161. The molecule has 26 heavy (non-hydrogen) atoms. The van der Waals surface area contributed by atoms with E-state index in [1.807, 2.05) is 48.5 Å². The molecular weight excluding hydrogens is 324 g/mol. The summed E-state index contributed by atoms with van der Waals surface area (Å²) in [6.45, 7) is 0. The lowest BCUT2D eigenvalue weighted by atomic mass is 9.85. The largest absolute Gasteiger partial charge is 0.366 e. The van der Waals surface area contributed by atoms with E-state index in [9.17, 15) is 9.59 Å². The molecule has 0 atom stereocenters. The number of nitrogens with two attached hydrogens (primary N) is 2. The molecular formula is C22H14N2O2. The van der Waals surface area contributed by atoms with E-state index in [0.29, 0.717) is 5.39 Å². The molecule has 2 amide bonds. The van der Waals surface area contributed by atoms with Crippen molar-refractivity contribution in [1.82, 2.24) is 0 Å². The van der Waals surface area contributed by atoms with Gasteiger partial charge in [-0.2, -0.15) is 0 Å². The highest BCUT2D eigenvalue weighted by Gasteiger charge is 2.22. The molecule has 0 spiro atoms. The lowest BCUT2D eigenvalue weighted by Crippen LogP contribution is -2.21. The maximum absolute atomic E-state index is 12.3. The number of carbonyl (C=O) groups is 2. The average molecular weight is 338 g/mol. The Morgan fingerprint density at radius 3 is 1.81 bits per heavy atom. The number of rotatable bonds is 2. The molecule has 4 nitrogen and oxygen atoms in total. The number of carbonyl (C=O) groups excluding carboxylic acids is 2. The van der Waals surface area contributed by atoms with Crippen molar-refractivity contribution in [1.29, 1.82) is 0 Å². The van der Waals surface area contributed by atoms with Crippen molar-refractivity contribution < 1.29 is 9.59 Å². The second-order valence-electron chi connectivity index (χ2n) is 6.52. The van der Waals surface area contributed by atoms with Crippen LogP contribution in [0.25, 0.3) is 43.1 Å². The lowest BCUT2D eigenvalue weighted by Gasteiger charge is -2.17. The van der Waals surface area contributed by atoms with Crippen LogP contribution in [-0.2, 0) is 0 Å². The smallest absolute Gasteiger partial charge is 0.250 e. The number of fused-ring (bicyclic) bond motifs is 2. The third kappa shape index (κ3) is 1.73. The Labute approximate surface area is 148 Å². The van der Waals surface area contributed by atoms with Gasteiger partial charge in [0.25, 0.3) is 0 Å². The zero-order chi connectivity index (χ0) is 18.0. The van der Waals surface area contributed by atoms with Crippen LogP contribution in [0.15, 0.2) is 60.7 Å². The summed E-state index contributed by atoms with van der Waals surface area (Å²) in [7, 11) is 0. The van der Waals surface area contributed by atoms with Crippen molar-refractivity contribution >= 4 is 54.9 Å². The molecule has 0 aliphatic rings. The second kappa shape index (κ2) is 4.92. The van der Waals surface area contributed by atoms with Gasteiger partial charge in [0.15, 0.2) is 0 Å². The fourth-order valence-corrected chi connectivity index (χ4v) is 4.17. The van der Waals surface area contributed by atoms with Crippen LogP contribution >= 0.6 is 0 Å². The highest BCUT2D eigenvalue weighted by atomic mass is 16.2. The molecule has 0 aromatic heterocycles. The third-order valence-corrected chi connectivity index (χ3v) is 5.14. The molecule has 0 bridgehead atoms. The fourth-order valence-electron chi connectivity index (χ4n) is 4.17. The number of amides is 2. The van der Waals surface area contributed by atoms with Gasteiger partial charge in [0.2, 0.25) is 11.8 Å². The van der Waals surface area contributed by atoms with E-state index in [1.165, 1.54) is 0 Å². The number of primary amides is 2. The Bertz CT molecular complexity index is 1380. The maximum atomic E-state index is 12.3. The van der Waals surface area contributed by atoms with Gasteiger partial charge in [-0.05, 0) is 43.8 Å². The van der Waals surface area contributed by atoms with Crippen LogP contribution in [0.5, 0.6) is 0 Å². The predicted molar refractivity (Wildman–Crippen MR) is 105 cm³/mol. The van der Waals surface area contributed by atoms with Crippen molar-refractivity contribution in [3.8, 4) is 0 Å². The van der Waals surface area contributed by atoms with E-state index in [2.05, 4.69) is 6.07 Å². The van der Waals surface area contributed by atoms with Gasteiger partial charge in [0.05, 0.1) is 11.1 Å². The Morgan fingerprint density at radius 2 is 1.19 bits per heavy atom. The zero-order valence-electron chi connectivity index (χ0n) is 13.7. The van der Waals surface area contributed by atoms with Crippen LogP contribution < -0.4 is 11.5 Å². The van der Waals surface area contributed by atoms with Gasteiger partial charge < -0.3 is 11.5 Å². The molecule has 4 N–H and O–H groups in total. The number of hydrogen-bond acceptors (Lipinski definition) is 2.